The summed E-state index contributed by atoms with van der Waals surface area (Å²) < 4.78 is 30.2. The summed E-state index contributed by atoms with van der Waals surface area (Å²) in [5, 5.41) is 0. The van der Waals surface area contributed by atoms with Gasteiger partial charge in [0.1, 0.15) is 5.75 Å². The van der Waals surface area contributed by atoms with Gasteiger partial charge in [0.25, 0.3) is 0 Å². The third kappa shape index (κ3) is 3.80. The molecule has 1 aromatic rings. The highest BCUT2D eigenvalue weighted by molar-refractivity contribution is 7.92. The Hall–Kier alpha value is -1.43. The fourth-order valence-corrected chi connectivity index (χ4v) is 2.33. The molecule has 0 saturated carbocycles. The summed E-state index contributed by atoms with van der Waals surface area (Å²) in [6.07, 6.45) is 1.13. The van der Waals surface area contributed by atoms with E-state index in [0.717, 1.165) is 30.8 Å². The third-order valence-electron chi connectivity index (χ3n) is 2.59. The molecule has 6 heteroatoms. The van der Waals surface area contributed by atoms with Crippen LogP contribution in [0, 0.1) is 0 Å². The van der Waals surface area contributed by atoms with Crippen molar-refractivity contribution in [2.24, 2.45) is 0 Å². The normalized spacial score (nSPS) is 11.1. The van der Waals surface area contributed by atoms with Crippen LogP contribution in [-0.4, -0.2) is 34.9 Å². The standard InChI is InChI=1S/C12H20N2O3S/c1-5-14(6-2)11-9-10(13-18(4,15)16)7-8-12(11)17-3/h7-9,13H,5-6H2,1-4H3. The van der Waals surface area contributed by atoms with Gasteiger partial charge in [0.05, 0.1) is 24.7 Å². The van der Waals surface area contributed by atoms with Crippen molar-refractivity contribution in [2.45, 2.75) is 13.8 Å². The number of hydrogen-bond acceptors (Lipinski definition) is 4. The second-order valence-electron chi connectivity index (χ2n) is 3.93. The number of ether oxygens (including phenoxy) is 1. The molecule has 0 amide bonds. The third-order valence-corrected chi connectivity index (χ3v) is 3.19. The lowest BCUT2D eigenvalue weighted by Crippen LogP contribution is -2.22. The number of sulfonamides is 1. The number of nitrogens with zero attached hydrogens (tertiary/aromatic N) is 1. The van der Waals surface area contributed by atoms with Gasteiger partial charge >= 0.3 is 0 Å². The molecule has 0 heterocycles. The molecule has 0 saturated heterocycles. The molecule has 0 aliphatic rings. The van der Waals surface area contributed by atoms with Crippen LogP contribution in [0.15, 0.2) is 18.2 Å². The highest BCUT2D eigenvalue weighted by Crippen LogP contribution is 2.31. The van der Waals surface area contributed by atoms with E-state index in [1.807, 2.05) is 13.8 Å². The number of methoxy groups -OCH3 is 1. The molecule has 0 atom stereocenters. The first-order valence-electron chi connectivity index (χ1n) is 5.82. The van der Waals surface area contributed by atoms with Crippen LogP contribution in [0.4, 0.5) is 11.4 Å². The minimum absolute atomic E-state index is 0.542. The minimum Gasteiger partial charge on any atom is -0.495 e. The van der Waals surface area contributed by atoms with Gasteiger partial charge in [-0.2, -0.15) is 0 Å². The average molecular weight is 272 g/mol. The molecule has 5 nitrogen and oxygen atoms in total. The molecule has 102 valence electrons. The van der Waals surface area contributed by atoms with E-state index in [9.17, 15) is 8.42 Å². The summed E-state index contributed by atoms with van der Waals surface area (Å²) in [5.41, 5.74) is 1.43. The lowest BCUT2D eigenvalue weighted by atomic mass is 10.2. The summed E-state index contributed by atoms with van der Waals surface area (Å²) in [6.45, 7) is 5.74. The highest BCUT2D eigenvalue weighted by Gasteiger charge is 2.11. The van der Waals surface area contributed by atoms with E-state index < -0.39 is 10.0 Å². The van der Waals surface area contributed by atoms with Gasteiger partial charge in [-0.1, -0.05) is 0 Å². The van der Waals surface area contributed by atoms with E-state index in [2.05, 4.69) is 9.62 Å². The van der Waals surface area contributed by atoms with Gasteiger partial charge in [0.15, 0.2) is 0 Å². The fourth-order valence-electron chi connectivity index (χ4n) is 1.78. The zero-order valence-corrected chi connectivity index (χ0v) is 12.0. The molecular weight excluding hydrogens is 252 g/mol. The highest BCUT2D eigenvalue weighted by atomic mass is 32.2. The van der Waals surface area contributed by atoms with Crippen molar-refractivity contribution < 1.29 is 13.2 Å². The van der Waals surface area contributed by atoms with Crippen molar-refractivity contribution >= 4 is 21.4 Å². The maximum atomic E-state index is 11.2. The lowest BCUT2D eigenvalue weighted by molar-refractivity contribution is 0.414. The summed E-state index contributed by atoms with van der Waals surface area (Å²) in [4.78, 5) is 2.10. The molecule has 0 aliphatic heterocycles. The lowest BCUT2D eigenvalue weighted by Gasteiger charge is -2.24. The smallest absolute Gasteiger partial charge is 0.229 e. The Morgan fingerprint density at radius 2 is 1.89 bits per heavy atom. The van der Waals surface area contributed by atoms with E-state index >= 15 is 0 Å². The summed E-state index contributed by atoms with van der Waals surface area (Å²) in [7, 11) is -1.66. The maximum Gasteiger partial charge on any atom is 0.229 e. The van der Waals surface area contributed by atoms with Crippen molar-refractivity contribution in [3.05, 3.63) is 18.2 Å². The molecule has 0 bridgehead atoms. The largest absolute Gasteiger partial charge is 0.495 e. The van der Waals surface area contributed by atoms with Gasteiger partial charge < -0.3 is 9.64 Å². The fraction of sp³-hybridized carbons (Fsp3) is 0.500. The van der Waals surface area contributed by atoms with Crippen LogP contribution in [0.1, 0.15) is 13.8 Å². The number of benzene rings is 1. The van der Waals surface area contributed by atoms with E-state index in [0.29, 0.717) is 5.69 Å². The number of nitrogens with one attached hydrogen (secondary N) is 1. The first-order valence-corrected chi connectivity index (χ1v) is 7.71. The minimum atomic E-state index is -3.26. The second kappa shape index (κ2) is 5.95. The van der Waals surface area contributed by atoms with Gasteiger partial charge in [0.2, 0.25) is 10.0 Å². The molecular formula is C12H20N2O3S. The predicted molar refractivity (Wildman–Crippen MR) is 75.0 cm³/mol. The second-order valence-corrected chi connectivity index (χ2v) is 5.68. The van der Waals surface area contributed by atoms with Crippen LogP contribution in [0.5, 0.6) is 5.75 Å². The summed E-state index contributed by atoms with van der Waals surface area (Å²) in [6, 6.07) is 5.24. The van der Waals surface area contributed by atoms with Gasteiger partial charge in [-0.3, -0.25) is 4.72 Å². The first-order chi connectivity index (χ1) is 8.41. The SMILES string of the molecule is CCN(CC)c1cc(NS(C)(=O)=O)ccc1OC. The van der Waals surface area contributed by atoms with Crippen molar-refractivity contribution in [2.75, 3.05) is 36.1 Å². The Balaban J connectivity index is 3.16. The topological polar surface area (TPSA) is 58.6 Å². The van der Waals surface area contributed by atoms with E-state index in [4.69, 9.17) is 4.74 Å². The number of anilines is 2. The van der Waals surface area contributed by atoms with Crippen LogP contribution >= 0.6 is 0 Å². The number of hydrogen-bond donors (Lipinski definition) is 1. The molecule has 0 unspecified atom stereocenters. The predicted octanol–water partition coefficient (Wildman–Crippen LogP) is 1.91. The van der Waals surface area contributed by atoms with E-state index in [-0.39, 0.29) is 0 Å². The maximum absolute atomic E-state index is 11.2. The van der Waals surface area contributed by atoms with E-state index in [1.165, 1.54) is 0 Å². The molecule has 0 aromatic heterocycles. The average Bonchev–Trinajstić information content (AvgIpc) is 2.29. The van der Waals surface area contributed by atoms with Crippen molar-refractivity contribution in [3.63, 3.8) is 0 Å². The summed E-state index contributed by atoms with van der Waals surface area (Å²) in [5.74, 6) is 0.734. The summed E-state index contributed by atoms with van der Waals surface area (Å²) >= 11 is 0. The Labute approximate surface area is 109 Å². The van der Waals surface area contributed by atoms with Crippen molar-refractivity contribution in [3.8, 4) is 5.75 Å². The quantitative estimate of drug-likeness (QED) is 0.859. The zero-order valence-electron chi connectivity index (χ0n) is 11.2. The van der Waals surface area contributed by atoms with Gasteiger partial charge in [-0.05, 0) is 32.0 Å². The Kier molecular flexibility index (Phi) is 4.84. The van der Waals surface area contributed by atoms with E-state index in [1.54, 1.807) is 25.3 Å². The van der Waals surface area contributed by atoms with Gasteiger partial charge in [-0.15, -0.1) is 0 Å². The van der Waals surface area contributed by atoms with Crippen molar-refractivity contribution in [1.29, 1.82) is 0 Å². The van der Waals surface area contributed by atoms with Crippen LogP contribution in [0.3, 0.4) is 0 Å². The Morgan fingerprint density at radius 3 is 2.33 bits per heavy atom. The molecule has 1 rings (SSSR count). The molecule has 0 fully saturated rings. The van der Waals surface area contributed by atoms with Crippen molar-refractivity contribution in [1.82, 2.24) is 0 Å². The molecule has 1 aromatic carbocycles. The molecule has 0 radical (unpaired) electrons. The van der Waals surface area contributed by atoms with Crippen LogP contribution in [-0.2, 0) is 10.0 Å². The van der Waals surface area contributed by atoms with Crippen LogP contribution in [0.2, 0.25) is 0 Å². The molecule has 18 heavy (non-hydrogen) atoms. The van der Waals surface area contributed by atoms with Gasteiger partial charge in [0, 0.05) is 13.1 Å². The molecule has 0 aliphatic carbocycles. The monoisotopic (exact) mass is 272 g/mol. The van der Waals surface area contributed by atoms with Crippen LogP contribution < -0.4 is 14.4 Å². The number of rotatable bonds is 6. The van der Waals surface area contributed by atoms with Gasteiger partial charge in [-0.25, -0.2) is 8.42 Å². The first kappa shape index (κ1) is 14.6. The Bertz CT molecular complexity index is 496. The zero-order chi connectivity index (χ0) is 13.8. The molecule has 1 N–H and O–H groups in total. The molecule has 0 spiro atoms. The Morgan fingerprint density at radius 1 is 1.28 bits per heavy atom. The van der Waals surface area contributed by atoms with Crippen LogP contribution in [0.25, 0.3) is 0 Å².